The summed E-state index contributed by atoms with van der Waals surface area (Å²) < 4.78 is 11.8. The number of nitrogens with zero attached hydrogens (tertiary/aromatic N) is 2. The van der Waals surface area contributed by atoms with Gasteiger partial charge in [0.1, 0.15) is 23.8 Å². The zero-order valence-corrected chi connectivity index (χ0v) is 21.4. The number of carboxylic acids is 1. The Labute approximate surface area is 223 Å². The average Bonchev–Trinajstić information content (AvgIpc) is 3.29. The Bertz CT molecular complexity index is 1590. The summed E-state index contributed by atoms with van der Waals surface area (Å²) in [7, 11) is 0. The second-order valence-electron chi connectivity index (χ2n) is 8.56. The van der Waals surface area contributed by atoms with E-state index in [9.17, 15) is 9.90 Å². The first-order valence-electron chi connectivity index (χ1n) is 11.7. The van der Waals surface area contributed by atoms with Crippen LogP contribution in [0.2, 0.25) is 10.0 Å². The monoisotopic (exact) mass is 532 g/mol. The number of hydrogen-bond donors (Lipinski definition) is 1. The lowest BCUT2D eigenvalue weighted by atomic mass is 10.0. The van der Waals surface area contributed by atoms with Crippen molar-refractivity contribution in [3.63, 3.8) is 0 Å². The van der Waals surface area contributed by atoms with Crippen molar-refractivity contribution in [3.05, 3.63) is 100.0 Å². The minimum absolute atomic E-state index is 0.148. The Morgan fingerprint density at radius 1 is 0.973 bits per heavy atom. The van der Waals surface area contributed by atoms with E-state index in [1.54, 1.807) is 30.5 Å². The van der Waals surface area contributed by atoms with Gasteiger partial charge in [-0.05, 0) is 59.2 Å². The van der Waals surface area contributed by atoms with Gasteiger partial charge in [-0.25, -0.2) is 4.79 Å². The van der Waals surface area contributed by atoms with Gasteiger partial charge in [0.05, 0.1) is 21.2 Å². The summed E-state index contributed by atoms with van der Waals surface area (Å²) in [5.41, 5.74) is 3.80. The lowest BCUT2D eigenvalue weighted by molar-refractivity contribution is 0.0696. The molecule has 0 aliphatic rings. The molecule has 0 spiro atoms. The third kappa shape index (κ3) is 5.17. The molecule has 0 aliphatic heterocycles. The van der Waals surface area contributed by atoms with Crippen LogP contribution < -0.4 is 4.74 Å². The van der Waals surface area contributed by atoms with E-state index in [4.69, 9.17) is 32.5 Å². The van der Waals surface area contributed by atoms with E-state index < -0.39 is 5.97 Å². The number of rotatable bonds is 8. The van der Waals surface area contributed by atoms with Gasteiger partial charge in [0.15, 0.2) is 0 Å². The molecule has 2 aromatic heterocycles. The van der Waals surface area contributed by atoms with Crippen LogP contribution in [-0.4, -0.2) is 21.2 Å². The quantitative estimate of drug-likeness (QED) is 0.217. The molecule has 0 bridgehead atoms. The lowest BCUT2D eigenvalue weighted by Crippen LogP contribution is -2.00. The van der Waals surface area contributed by atoms with Crippen LogP contribution in [0.3, 0.4) is 0 Å². The van der Waals surface area contributed by atoms with E-state index in [0.717, 1.165) is 39.6 Å². The van der Waals surface area contributed by atoms with Crippen molar-refractivity contribution in [2.75, 3.05) is 0 Å². The minimum atomic E-state index is -1.01. The molecule has 0 radical (unpaired) electrons. The fraction of sp³-hybridized carbons (Fsp3) is 0.138. The third-order valence-electron chi connectivity index (χ3n) is 6.06. The smallest absolute Gasteiger partial charge is 0.337 e. The lowest BCUT2D eigenvalue weighted by Gasteiger charge is -2.11. The van der Waals surface area contributed by atoms with Crippen molar-refractivity contribution in [1.82, 2.24) is 10.1 Å². The molecule has 0 saturated heterocycles. The van der Waals surface area contributed by atoms with Crippen molar-refractivity contribution in [3.8, 4) is 28.1 Å². The van der Waals surface area contributed by atoms with Crippen LogP contribution >= 0.6 is 23.2 Å². The Hall–Kier alpha value is -3.87. The predicted octanol–water partition coefficient (Wildman–Crippen LogP) is 8.09. The normalized spacial score (nSPS) is 11.1. The van der Waals surface area contributed by atoms with Gasteiger partial charge in [-0.2, -0.15) is 0 Å². The number of carbonyl (C=O) groups is 1. The largest absolute Gasteiger partial charge is 0.489 e. The summed E-state index contributed by atoms with van der Waals surface area (Å²) in [5, 5.41) is 16.5. The molecule has 37 heavy (non-hydrogen) atoms. The number of hydrogen-bond acceptors (Lipinski definition) is 5. The molecule has 8 heteroatoms. The van der Waals surface area contributed by atoms with Crippen molar-refractivity contribution < 1.29 is 19.2 Å². The van der Waals surface area contributed by atoms with E-state index in [-0.39, 0.29) is 12.2 Å². The average molecular weight is 533 g/mol. The molecule has 0 saturated carbocycles. The van der Waals surface area contributed by atoms with Crippen LogP contribution in [0.15, 0.2) is 77.6 Å². The second kappa shape index (κ2) is 10.6. The van der Waals surface area contributed by atoms with Gasteiger partial charge < -0.3 is 14.4 Å². The summed E-state index contributed by atoms with van der Waals surface area (Å²) in [4.78, 5) is 15.4. The first kappa shape index (κ1) is 24.8. The van der Waals surface area contributed by atoms with E-state index in [1.165, 1.54) is 6.20 Å². The number of carboxylic acid groups (broad SMARTS) is 1. The number of ether oxygens (including phenoxy) is 1. The predicted molar refractivity (Wildman–Crippen MR) is 144 cm³/mol. The molecular weight excluding hydrogens is 511 g/mol. The fourth-order valence-corrected chi connectivity index (χ4v) is 4.78. The third-order valence-corrected chi connectivity index (χ3v) is 6.69. The van der Waals surface area contributed by atoms with Crippen LogP contribution in [-0.2, 0) is 13.0 Å². The van der Waals surface area contributed by atoms with Gasteiger partial charge in [0, 0.05) is 29.9 Å². The van der Waals surface area contributed by atoms with E-state index in [2.05, 4.69) is 17.1 Å². The molecule has 3 aromatic carbocycles. The maximum atomic E-state index is 11.3. The highest BCUT2D eigenvalue weighted by molar-refractivity contribution is 6.39. The number of aromatic carboxylic acids is 1. The SMILES string of the molecule is CCCc1onc(-c2c(Cl)cccc2Cl)c1COc1ccc2cc(-c3cncc(C(=O)O)c3)ccc2c1. The van der Waals surface area contributed by atoms with Gasteiger partial charge in [-0.15, -0.1) is 0 Å². The first-order valence-corrected chi connectivity index (χ1v) is 12.5. The van der Waals surface area contributed by atoms with Crippen LogP contribution in [0.25, 0.3) is 33.2 Å². The number of aromatic nitrogens is 2. The minimum Gasteiger partial charge on any atom is -0.489 e. The van der Waals surface area contributed by atoms with Gasteiger partial charge >= 0.3 is 5.97 Å². The summed E-state index contributed by atoms with van der Waals surface area (Å²) in [6.45, 7) is 2.31. The Balaban J connectivity index is 1.42. The number of halogens is 2. The van der Waals surface area contributed by atoms with E-state index in [1.807, 2.05) is 36.4 Å². The highest BCUT2D eigenvalue weighted by atomic mass is 35.5. The first-order chi connectivity index (χ1) is 17.9. The van der Waals surface area contributed by atoms with Crippen molar-refractivity contribution in [2.24, 2.45) is 0 Å². The van der Waals surface area contributed by atoms with Gasteiger partial charge in [-0.3, -0.25) is 4.98 Å². The molecule has 186 valence electrons. The number of benzene rings is 3. The Morgan fingerprint density at radius 2 is 1.73 bits per heavy atom. The van der Waals surface area contributed by atoms with Crippen LogP contribution in [0, 0.1) is 0 Å². The zero-order valence-electron chi connectivity index (χ0n) is 19.9. The molecule has 0 unspecified atom stereocenters. The summed E-state index contributed by atoms with van der Waals surface area (Å²) in [6.07, 6.45) is 4.59. The fourth-order valence-electron chi connectivity index (χ4n) is 4.20. The van der Waals surface area contributed by atoms with Gasteiger partial charge in [0.25, 0.3) is 0 Å². The molecule has 0 fully saturated rings. The molecule has 5 rings (SSSR count). The molecule has 0 aliphatic carbocycles. The van der Waals surface area contributed by atoms with Gasteiger partial charge in [-0.1, -0.05) is 59.5 Å². The summed E-state index contributed by atoms with van der Waals surface area (Å²) in [5.74, 6) is 0.428. The number of pyridine rings is 1. The van der Waals surface area contributed by atoms with Crippen molar-refractivity contribution in [2.45, 2.75) is 26.4 Å². The molecule has 2 heterocycles. The van der Waals surface area contributed by atoms with Crippen LogP contribution in [0.4, 0.5) is 0 Å². The highest BCUT2D eigenvalue weighted by Crippen LogP contribution is 2.38. The van der Waals surface area contributed by atoms with E-state index >= 15 is 0 Å². The van der Waals surface area contributed by atoms with E-state index in [0.29, 0.717) is 33.5 Å². The second-order valence-corrected chi connectivity index (χ2v) is 9.37. The Morgan fingerprint density at radius 3 is 2.49 bits per heavy atom. The molecular formula is C29H22Cl2N2O4. The molecule has 6 nitrogen and oxygen atoms in total. The maximum Gasteiger partial charge on any atom is 0.337 e. The van der Waals surface area contributed by atoms with Crippen molar-refractivity contribution in [1.29, 1.82) is 0 Å². The summed E-state index contributed by atoms with van der Waals surface area (Å²) in [6, 6.07) is 18.7. The topological polar surface area (TPSA) is 85.5 Å². The zero-order chi connectivity index (χ0) is 25.9. The maximum absolute atomic E-state index is 11.3. The standard InChI is InChI=1S/C29H22Cl2N2O4/c1-2-4-26-23(28(33-37-26)27-24(30)5-3-6-25(27)31)16-36-22-10-9-17-11-18(7-8-19(17)13-22)20-12-21(29(34)35)15-32-14-20/h3,5-15H,2,4,16H2,1H3,(H,34,35). The summed E-state index contributed by atoms with van der Waals surface area (Å²) >= 11 is 12.9. The van der Waals surface area contributed by atoms with Crippen LogP contribution in [0.5, 0.6) is 5.75 Å². The highest BCUT2D eigenvalue weighted by Gasteiger charge is 2.22. The van der Waals surface area contributed by atoms with Crippen molar-refractivity contribution >= 4 is 39.9 Å². The molecule has 1 N–H and O–H groups in total. The Kier molecular flexibility index (Phi) is 7.12. The van der Waals surface area contributed by atoms with Crippen LogP contribution in [0.1, 0.15) is 35.0 Å². The molecule has 0 atom stereocenters. The number of aryl methyl sites for hydroxylation is 1. The molecule has 5 aromatic rings. The van der Waals surface area contributed by atoms with Gasteiger partial charge in [0.2, 0.25) is 0 Å². The number of fused-ring (bicyclic) bond motifs is 1. The molecule has 0 amide bonds.